The van der Waals surface area contributed by atoms with Crippen LogP contribution < -0.4 is 5.32 Å². The fourth-order valence-electron chi connectivity index (χ4n) is 3.12. The molecule has 1 heteroatoms. The molecule has 1 N–H and O–H groups in total. The van der Waals surface area contributed by atoms with Crippen LogP contribution in [0.1, 0.15) is 72.9 Å². The largest absolute Gasteiger partial charge is 0.315 e. The maximum Gasteiger partial charge on any atom is 0.00103 e. The van der Waals surface area contributed by atoms with E-state index in [2.05, 4.69) is 53.8 Å². The molecule has 0 bridgehead atoms. The minimum Gasteiger partial charge on any atom is -0.315 e. The third-order valence-electron chi connectivity index (χ3n) is 5.06. The molecule has 120 valence electrons. The third-order valence-corrected chi connectivity index (χ3v) is 5.06. The number of nitrogens with one attached hydrogen (secondary N) is 1. The molecule has 0 saturated heterocycles. The minimum atomic E-state index is 0.619. The Labute approximate surface area is 132 Å². The molecular formula is C20H35N. The van der Waals surface area contributed by atoms with E-state index in [9.17, 15) is 0 Å². The zero-order valence-corrected chi connectivity index (χ0v) is 15.3. The van der Waals surface area contributed by atoms with Gasteiger partial charge in [-0.15, -0.1) is 0 Å². The Balaban J connectivity index is 2.46. The summed E-state index contributed by atoms with van der Waals surface area (Å²) in [5, 5.41) is 3.49. The molecule has 0 unspecified atom stereocenters. The molecule has 0 amide bonds. The lowest BCUT2D eigenvalue weighted by Gasteiger charge is -2.18. The molecule has 0 aliphatic heterocycles. The molecule has 1 aromatic rings. The van der Waals surface area contributed by atoms with Crippen molar-refractivity contribution >= 4 is 0 Å². The predicted octanol–water partition coefficient (Wildman–Crippen LogP) is 5.33. The van der Waals surface area contributed by atoms with Crippen molar-refractivity contribution < 1.29 is 0 Å². The van der Waals surface area contributed by atoms with Crippen molar-refractivity contribution in [1.29, 1.82) is 0 Å². The Morgan fingerprint density at radius 2 is 1.14 bits per heavy atom. The first-order valence-corrected chi connectivity index (χ1v) is 8.65. The highest BCUT2D eigenvalue weighted by molar-refractivity contribution is 5.49. The van der Waals surface area contributed by atoms with Crippen LogP contribution in [-0.4, -0.2) is 12.6 Å². The first-order valence-electron chi connectivity index (χ1n) is 8.65. The second kappa shape index (κ2) is 8.58. The molecule has 21 heavy (non-hydrogen) atoms. The normalized spacial score (nSPS) is 11.4. The Bertz CT molecular complexity index is 428. The van der Waals surface area contributed by atoms with Gasteiger partial charge in [0.05, 0.1) is 0 Å². The van der Waals surface area contributed by atoms with E-state index in [-0.39, 0.29) is 0 Å². The second-order valence-electron chi connectivity index (χ2n) is 6.88. The van der Waals surface area contributed by atoms with Crippen LogP contribution in [0.5, 0.6) is 0 Å². The van der Waals surface area contributed by atoms with Gasteiger partial charge in [-0.05, 0) is 93.8 Å². The topological polar surface area (TPSA) is 12.0 Å². The lowest BCUT2D eigenvalue weighted by atomic mass is 9.87. The summed E-state index contributed by atoms with van der Waals surface area (Å²) in [6.45, 7) is 17.0. The highest BCUT2D eigenvalue weighted by atomic mass is 14.9. The SMILES string of the molecule is Cc1c(C)c(C)c(CCCCCCNC(C)C)c(C)c1C. The molecule has 0 atom stereocenters. The molecule has 1 aromatic carbocycles. The van der Waals surface area contributed by atoms with Crippen LogP contribution in [0.15, 0.2) is 0 Å². The van der Waals surface area contributed by atoms with E-state index < -0.39 is 0 Å². The van der Waals surface area contributed by atoms with Gasteiger partial charge in [0.25, 0.3) is 0 Å². The quantitative estimate of drug-likeness (QED) is 0.638. The molecule has 0 fully saturated rings. The van der Waals surface area contributed by atoms with Gasteiger partial charge < -0.3 is 5.32 Å². The first kappa shape index (κ1) is 18.2. The number of hydrogen-bond donors (Lipinski definition) is 1. The zero-order valence-electron chi connectivity index (χ0n) is 15.3. The molecule has 0 aliphatic rings. The molecule has 0 aromatic heterocycles. The van der Waals surface area contributed by atoms with Crippen molar-refractivity contribution in [3.8, 4) is 0 Å². The highest BCUT2D eigenvalue weighted by Gasteiger charge is 2.11. The number of benzene rings is 1. The monoisotopic (exact) mass is 289 g/mol. The van der Waals surface area contributed by atoms with Gasteiger partial charge in [-0.2, -0.15) is 0 Å². The molecule has 0 aliphatic carbocycles. The summed E-state index contributed by atoms with van der Waals surface area (Å²) in [6.07, 6.45) is 6.58. The average molecular weight is 290 g/mol. The summed E-state index contributed by atoms with van der Waals surface area (Å²) in [7, 11) is 0. The van der Waals surface area contributed by atoms with E-state index in [0.717, 1.165) is 0 Å². The molecular weight excluding hydrogens is 254 g/mol. The van der Waals surface area contributed by atoms with Crippen molar-refractivity contribution in [3.05, 3.63) is 33.4 Å². The second-order valence-corrected chi connectivity index (χ2v) is 6.88. The summed E-state index contributed by atoms with van der Waals surface area (Å²) in [5.41, 5.74) is 9.13. The first-order chi connectivity index (χ1) is 9.86. The van der Waals surface area contributed by atoms with Gasteiger partial charge in [0.15, 0.2) is 0 Å². The molecule has 0 radical (unpaired) electrons. The van der Waals surface area contributed by atoms with E-state index in [1.165, 1.54) is 66.5 Å². The summed E-state index contributed by atoms with van der Waals surface area (Å²) < 4.78 is 0. The Morgan fingerprint density at radius 3 is 1.67 bits per heavy atom. The minimum absolute atomic E-state index is 0.619. The Hall–Kier alpha value is -0.820. The van der Waals surface area contributed by atoms with Gasteiger partial charge >= 0.3 is 0 Å². The lowest BCUT2D eigenvalue weighted by molar-refractivity contribution is 0.541. The standard InChI is InChI=1S/C20H35N/c1-14(2)21-13-11-9-8-10-12-20-18(6)16(4)15(3)17(5)19(20)7/h14,21H,8-13H2,1-7H3. The van der Waals surface area contributed by atoms with Gasteiger partial charge in [0, 0.05) is 6.04 Å². The lowest BCUT2D eigenvalue weighted by Crippen LogP contribution is -2.23. The Kier molecular flexibility index (Phi) is 7.45. The van der Waals surface area contributed by atoms with E-state index in [1.54, 1.807) is 5.56 Å². The fourth-order valence-corrected chi connectivity index (χ4v) is 3.12. The van der Waals surface area contributed by atoms with Crippen molar-refractivity contribution in [3.63, 3.8) is 0 Å². The smallest absolute Gasteiger partial charge is 0.00103 e. The van der Waals surface area contributed by atoms with Crippen LogP contribution in [0.2, 0.25) is 0 Å². The van der Waals surface area contributed by atoms with Gasteiger partial charge in [-0.1, -0.05) is 26.7 Å². The predicted molar refractivity (Wildman–Crippen MR) is 95.4 cm³/mol. The molecule has 1 rings (SSSR count). The van der Waals surface area contributed by atoms with Gasteiger partial charge in [-0.25, -0.2) is 0 Å². The number of hydrogen-bond acceptors (Lipinski definition) is 1. The fraction of sp³-hybridized carbons (Fsp3) is 0.700. The molecule has 0 heterocycles. The molecule has 0 spiro atoms. The van der Waals surface area contributed by atoms with Gasteiger partial charge in [-0.3, -0.25) is 0 Å². The maximum absolute atomic E-state index is 3.49. The third kappa shape index (κ3) is 5.14. The summed E-state index contributed by atoms with van der Waals surface area (Å²) in [6, 6.07) is 0.619. The van der Waals surface area contributed by atoms with E-state index in [4.69, 9.17) is 0 Å². The van der Waals surface area contributed by atoms with E-state index in [1.807, 2.05) is 0 Å². The molecule has 0 saturated carbocycles. The zero-order chi connectivity index (χ0) is 16.0. The van der Waals surface area contributed by atoms with Crippen LogP contribution in [0.4, 0.5) is 0 Å². The van der Waals surface area contributed by atoms with Crippen LogP contribution in [0, 0.1) is 34.6 Å². The van der Waals surface area contributed by atoms with Gasteiger partial charge in [0.1, 0.15) is 0 Å². The highest BCUT2D eigenvalue weighted by Crippen LogP contribution is 2.27. The maximum atomic E-state index is 3.49. The van der Waals surface area contributed by atoms with Crippen molar-refractivity contribution in [1.82, 2.24) is 5.32 Å². The molecule has 1 nitrogen and oxygen atoms in total. The summed E-state index contributed by atoms with van der Waals surface area (Å²) in [5.74, 6) is 0. The van der Waals surface area contributed by atoms with Crippen LogP contribution in [0.3, 0.4) is 0 Å². The number of unbranched alkanes of at least 4 members (excludes halogenated alkanes) is 3. The summed E-state index contributed by atoms with van der Waals surface area (Å²) in [4.78, 5) is 0. The van der Waals surface area contributed by atoms with Crippen LogP contribution >= 0.6 is 0 Å². The average Bonchev–Trinajstić information content (AvgIpc) is 2.45. The number of rotatable bonds is 8. The van der Waals surface area contributed by atoms with Crippen molar-refractivity contribution in [2.24, 2.45) is 0 Å². The van der Waals surface area contributed by atoms with Crippen LogP contribution in [-0.2, 0) is 6.42 Å². The van der Waals surface area contributed by atoms with Crippen molar-refractivity contribution in [2.45, 2.75) is 86.6 Å². The van der Waals surface area contributed by atoms with E-state index >= 15 is 0 Å². The van der Waals surface area contributed by atoms with Crippen LogP contribution in [0.25, 0.3) is 0 Å². The van der Waals surface area contributed by atoms with Gasteiger partial charge in [0.2, 0.25) is 0 Å². The van der Waals surface area contributed by atoms with Crippen molar-refractivity contribution in [2.75, 3.05) is 6.54 Å². The van der Waals surface area contributed by atoms with E-state index in [0.29, 0.717) is 6.04 Å². The summed E-state index contributed by atoms with van der Waals surface area (Å²) >= 11 is 0. The Morgan fingerprint density at radius 1 is 0.667 bits per heavy atom.